The van der Waals surface area contributed by atoms with Gasteiger partial charge in [-0.1, -0.05) is 0 Å². The lowest BCUT2D eigenvalue weighted by Crippen LogP contribution is -2.03. The van der Waals surface area contributed by atoms with E-state index in [1.807, 2.05) is 32.0 Å². The van der Waals surface area contributed by atoms with Crippen molar-refractivity contribution >= 4 is 23.0 Å². The molecule has 0 fully saturated rings. The van der Waals surface area contributed by atoms with Gasteiger partial charge in [0.1, 0.15) is 10.8 Å². The largest absolute Gasteiger partial charge is 0.505 e. The lowest BCUT2D eigenvalue weighted by Gasteiger charge is -2.11. The number of phenolic OH excluding ortho intramolecular Hbond substituents is 1. The normalized spacial score (nSPS) is 10.6. The van der Waals surface area contributed by atoms with Crippen LogP contribution in [0.25, 0.3) is 21.8 Å². The van der Waals surface area contributed by atoms with Crippen molar-refractivity contribution in [2.45, 2.75) is 13.8 Å². The number of aromatic nitrogens is 1. The van der Waals surface area contributed by atoms with E-state index in [-0.39, 0.29) is 17.0 Å². The van der Waals surface area contributed by atoms with Crippen molar-refractivity contribution in [1.82, 2.24) is 4.98 Å². The van der Waals surface area contributed by atoms with Crippen molar-refractivity contribution in [2.75, 3.05) is 26.1 Å². The maximum Gasteiger partial charge on any atom is 0.337 e. The van der Waals surface area contributed by atoms with Crippen LogP contribution in [0.4, 0.5) is 5.69 Å². The lowest BCUT2D eigenvalue weighted by atomic mass is 10.1. The molecule has 3 aromatic rings. The van der Waals surface area contributed by atoms with Crippen LogP contribution >= 0.6 is 11.3 Å². The van der Waals surface area contributed by atoms with Gasteiger partial charge in [0.15, 0.2) is 11.5 Å². The minimum absolute atomic E-state index is 0.0807. The maximum absolute atomic E-state index is 11.9. The van der Waals surface area contributed by atoms with E-state index < -0.39 is 5.97 Å². The van der Waals surface area contributed by atoms with Gasteiger partial charge in [0.2, 0.25) is 0 Å². The number of anilines is 1. The Labute approximate surface area is 172 Å². The van der Waals surface area contributed by atoms with E-state index >= 15 is 0 Å². The van der Waals surface area contributed by atoms with Crippen LogP contribution in [0.5, 0.6) is 17.2 Å². The maximum atomic E-state index is 11.9. The second kappa shape index (κ2) is 8.83. The minimum Gasteiger partial charge on any atom is -0.505 e. The first-order valence-corrected chi connectivity index (χ1v) is 9.93. The van der Waals surface area contributed by atoms with E-state index in [9.17, 15) is 9.90 Å². The summed E-state index contributed by atoms with van der Waals surface area (Å²) in [5.41, 5.74) is 7.90. The fourth-order valence-electron chi connectivity index (χ4n) is 2.80. The molecule has 0 saturated carbocycles. The number of carbonyl (C=O) groups excluding carboxylic acids is 1. The van der Waals surface area contributed by atoms with Crippen molar-refractivity contribution in [3.05, 3.63) is 41.3 Å². The van der Waals surface area contributed by atoms with Crippen molar-refractivity contribution < 1.29 is 24.1 Å². The van der Waals surface area contributed by atoms with Crippen molar-refractivity contribution in [3.8, 4) is 39.1 Å². The lowest BCUT2D eigenvalue weighted by molar-refractivity contribution is 0.0601. The molecule has 1 heterocycles. The zero-order valence-electron chi connectivity index (χ0n) is 16.4. The van der Waals surface area contributed by atoms with Gasteiger partial charge in [-0.15, -0.1) is 11.3 Å². The number of nitrogens with zero attached hydrogens (tertiary/aromatic N) is 1. The predicted octanol–water partition coefficient (Wildman–Crippen LogP) is 4.35. The van der Waals surface area contributed by atoms with Gasteiger partial charge in [0, 0.05) is 16.5 Å². The molecule has 0 radical (unpaired) electrons. The van der Waals surface area contributed by atoms with Crippen LogP contribution in [-0.4, -0.2) is 36.4 Å². The quantitative estimate of drug-likeness (QED) is 0.336. The van der Waals surface area contributed by atoms with E-state index in [1.54, 1.807) is 5.38 Å². The topological polar surface area (TPSA) is 104 Å². The Hall–Kier alpha value is -3.26. The molecule has 0 atom stereocenters. The van der Waals surface area contributed by atoms with Gasteiger partial charge in [0.25, 0.3) is 0 Å². The van der Waals surface area contributed by atoms with Crippen LogP contribution in [0.3, 0.4) is 0 Å². The highest BCUT2D eigenvalue weighted by Gasteiger charge is 2.18. The molecule has 0 unspecified atom stereocenters. The average molecular weight is 414 g/mol. The third-order valence-corrected chi connectivity index (χ3v) is 5.02. The number of benzene rings is 2. The molecule has 0 aliphatic heterocycles. The number of hydrogen-bond donors (Lipinski definition) is 2. The molecule has 1 aromatic heterocycles. The monoisotopic (exact) mass is 414 g/mol. The number of ether oxygens (including phenoxy) is 3. The number of nitrogen functional groups attached to an aromatic ring is 1. The first kappa shape index (κ1) is 20.5. The average Bonchev–Trinajstić information content (AvgIpc) is 3.21. The van der Waals surface area contributed by atoms with Crippen molar-refractivity contribution in [2.24, 2.45) is 0 Å². The van der Waals surface area contributed by atoms with Gasteiger partial charge < -0.3 is 25.1 Å². The molecular formula is C21H22N2O5S. The van der Waals surface area contributed by atoms with Gasteiger partial charge in [-0.3, -0.25) is 0 Å². The number of rotatable bonds is 7. The highest BCUT2D eigenvalue weighted by Crippen LogP contribution is 2.39. The summed E-state index contributed by atoms with van der Waals surface area (Å²) in [7, 11) is 1.29. The van der Waals surface area contributed by atoms with E-state index in [4.69, 9.17) is 19.9 Å². The zero-order chi connectivity index (χ0) is 21.0. The third kappa shape index (κ3) is 4.27. The summed E-state index contributed by atoms with van der Waals surface area (Å²) < 4.78 is 16.0. The summed E-state index contributed by atoms with van der Waals surface area (Å²) in [6.07, 6.45) is 0. The smallest absolute Gasteiger partial charge is 0.337 e. The Bertz CT molecular complexity index is 1030. The fourth-order valence-corrected chi connectivity index (χ4v) is 3.62. The Morgan fingerprint density at radius 2 is 1.86 bits per heavy atom. The molecular weight excluding hydrogens is 392 g/mol. The van der Waals surface area contributed by atoms with Crippen LogP contribution in [-0.2, 0) is 4.74 Å². The standard InChI is InChI=1S/C21H22N2O5S/c1-4-27-17-7-6-12(10-18(17)28-5-2)20-23-16(11-29-20)14-8-13(21(25)26-3)9-15(22)19(14)24/h6-11,24H,4-5,22H2,1-3H3. The molecule has 0 spiro atoms. The summed E-state index contributed by atoms with van der Waals surface area (Å²) in [5, 5.41) is 12.9. The summed E-state index contributed by atoms with van der Waals surface area (Å²) in [5.74, 6) is 0.645. The van der Waals surface area contributed by atoms with Crippen LogP contribution in [0.15, 0.2) is 35.7 Å². The number of aromatic hydroxyl groups is 1. The van der Waals surface area contributed by atoms with Gasteiger partial charge in [0.05, 0.1) is 37.3 Å². The fraction of sp³-hybridized carbons (Fsp3) is 0.238. The van der Waals surface area contributed by atoms with E-state index in [1.165, 1.54) is 30.6 Å². The van der Waals surface area contributed by atoms with E-state index in [0.29, 0.717) is 36.0 Å². The minimum atomic E-state index is -0.540. The van der Waals surface area contributed by atoms with E-state index in [2.05, 4.69) is 4.98 Å². The summed E-state index contributed by atoms with van der Waals surface area (Å²) >= 11 is 1.40. The summed E-state index contributed by atoms with van der Waals surface area (Å²) in [4.78, 5) is 16.5. The van der Waals surface area contributed by atoms with Gasteiger partial charge >= 0.3 is 5.97 Å². The molecule has 3 N–H and O–H groups in total. The van der Waals surface area contributed by atoms with E-state index in [0.717, 1.165) is 10.6 Å². The molecule has 0 aliphatic rings. The number of phenols is 1. The SMILES string of the molecule is CCOc1ccc(-c2nc(-c3cc(C(=O)OC)cc(N)c3O)cs2)cc1OCC. The number of esters is 1. The number of nitrogens with two attached hydrogens (primary N) is 1. The Morgan fingerprint density at radius 3 is 2.55 bits per heavy atom. The molecule has 152 valence electrons. The number of methoxy groups -OCH3 is 1. The predicted molar refractivity (Wildman–Crippen MR) is 113 cm³/mol. The molecule has 2 aromatic carbocycles. The molecule has 7 nitrogen and oxygen atoms in total. The number of hydrogen-bond acceptors (Lipinski definition) is 8. The molecule has 3 rings (SSSR count). The van der Waals surface area contributed by atoms with Crippen molar-refractivity contribution in [1.29, 1.82) is 0 Å². The summed E-state index contributed by atoms with van der Waals surface area (Å²) in [6.45, 7) is 4.88. The Morgan fingerprint density at radius 1 is 1.14 bits per heavy atom. The first-order valence-electron chi connectivity index (χ1n) is 9.05. The van der Waals surface area contributed by atoms with Gasteiger partial charge in [-0.25, -0.2) is 9.78 Å². The molecule has 0 amide bonds. The van der Waals surface area contributed by atoms with Gasteiger partial charge in [-0.05, 0) is 44.2 Å². The van der Waals surface area contributed by atoms with Crippen LogP contribution in [0.2, 0.25) is 0 Å². The Balaban J connectivity index is 2.01. The molecule has 8 heteroatoms. The Kier molecular flexibility index (Phi) is 6.23. The number of thiazole rings is 1. The summed E-state index contributed by atoms with van der Waals surface area (Å²) in [6, 6.07) is 8.50. The second-order valence-electron chi connectivity index (χ2n) is 6.02. The van der Waals surface area contributed by atoms with Crippen LogP contribution in [0, 0.1) is 0 Å². The highest BCUT2D eigenvalue weighted by molar-refractivity contribution is 7.13. The van der Waals surface area contributed by atoms with Crippen LogP contribution in [0.1, 0.15) is 24.2 Å². The molecule has 29 heavy (non-hydrogen) atoms. The van der Waals surface area contributed by atoms with Crippen molar-refractivity contribution in [3.63, 3.8) is 0 Å². The molecule has 0 bridgehead atoms. The molecule has 0 saturated heterocycles. The number of carbonyl (C=O) groups is 1. The second-order valence-corrected chi connectivity index (χ2v) is 6.88. The third-order valence-electron chi connectivity index (χ3n) is 4.13. The van der Waals surface area contributed by atoms with Gasteiger partial charge in [-0.2, -0.15) is 0 Å². The highest BCUT2D eigenvalue weighted by atomic mass is 32.1. The first-order chi connectivity index (χ1) is 14.0. The van der Waals surface area contributed by atoms with Crippen LogP contribution < -0.4 is 15.2 Å². The zero-order valence-corrected chi connectivity index (χ0v) is 17.2. The molecule has 0 aliphatic carbocycles.